The van der Waals surface area contributed by atoms with Crippen LogP contribution >= 0.6 is 0 Å². The molecular formula is C13H19N3O. The first-order valence-electron chi connectivity index (χ1n) is 5.66. The average Bonchev–Trinajstić information content (AvgIpc) is 2.34. The van der Waals surface area contributed by atoms with Crippen LogP contribution in [-0.4, -0.2) is 23.5 Å². The zero-order valence-corrected chi connectivity index (χ0v) is 10.4. The molecule has 0 fully saturated rings. The lowest BCUT2D eigenvalue weighted by atomic mass is 10.1. The normalized spacial score (nSPS) is 11.9. The van der Waals surface area contributed by atoms with E-state index in [-0.39, 0.29) is 11.9 Å². The first kappa shape index (κ1) is 13.4. The van der Waals surface area contributed by atoms with Gasteiger partial charge in [0.15, 0.2) is 0 Å². The second-order valence-electron chi connectivity index (χ2n) is 3.94. The number of aromatic nitrogens is 1. The highest BCUT2D eigenvalue weighted by atomic mass is 16.2. The molecule has 0 aliphatic carbocycles. The first-order chi connectivity index (χ1) is 8.15. The van der Waals surface area contributed by atoms with E-state index in [0.29, 0.717) is 13.1 Å². The van der Waals surface area contributed by atoms with E-state index in [0.717, 1.165) is 5.56 Å². The third-order valence-electron chi connectivity index (χ3n) is 2.56. The number of hydrogen-bond donors (Lipinski definition) is 2. The van der Waals surface area contributed by atoms with Crippen molar-refractivity contribution in [2.24, 2.45) is 0 Å². The maximum atomic E-state index is 11.6. The second-order valence-corrected chi connectivity index (χ2v) is 3.94. The topological polar surface area (TPSA) is 54.0 Å². The van der Waals surface area contributed by atoms with Crippen molar-refractivity contribution in [3.05, 3.63) is 42.2 Å². The third-order valence-corrected chi connectivity index (χ3v) is 2.56. The lowest BCUT2D eigenvalue weighted by Crippen LogP contribution is -2.41. The van der Waals surface area contributed by atoms with E-state index >= 15 is 0 Å². The van der Waals surface area contributed by atoms with Gasteiger partial charge in [0.2, 0.25) is 5.91 Å². The minimum atomic E-state index is -0.227. The van der Waals surface area contributed by atoms with Crippen molar-refractivity contribution in [2.75, 3.05) is 6.54 Å². The van der Waals surface area contributed by atoms with Crippen LogP contribution in [0.15, 0.2) is 31.1 Å². The Hall–Kier alpha value is -1.68. The lowest BCUT2D eigenvalue weighted by Gasteiger charge is -2.14. The molecule has 0 aliphatic heterocycles. The number of carbonyl (C=O) groups is 1. The Morgan fingerprint density at radius 2 is 2.41 bits per heavy atom. The Labute approximate surface area is 102 Å². The van der Waals surface area contributed by atoms with Gasteiger partial charge in [-0.2, -0.15) is 0 Å². The molecule has 0 aromatic carbocycles. The zero-order valence-electron chi connectivity index (χ0n) is 10.4. The van der Waals surface area contributed by atoms with Crippen molar-refractivity contribution in [1.82, 2.24) is 15.6 Å². The molecular weight excluding hydrogens is 214 g/mol. The summed E-state index contributed by atoms with van der Waals surface area (Å²) < 4.78 is 0. The molecule has 1 atom stereocenters. The summed E-state index contributed by atoms with van der Waals surface area (Å²) in [5, 5.41) is 5.91. The predicted molar refractivity (Wildman–Crippen MR) is 68.5 cm³/mol. The van der Waals surface area contributed by atoms with Crippen LogP contribution in [0.4, 0.5) is 0 Å². The summed E-state index contributed by atoms with van der Waals surface area (Å²) in [5.74, 6) is -0.0218. The van der Waals surface area contributed by atoms with E-state index in [2.05, 4.69) is 22.2 Å². The molecule has 92 valence electrons. The molecule has 1 aromatic heterocycles. The van der Waals surface area contributed by atoms with E-state index < -0.39 is 0 Å². The standard InChI is InChI=1S/C13H19N3O/c1-4-6-15-13(17)11(3)16-9-12-8-14-7-5-10(12)2/h4-5,7-8,11,16H,1,6,9H2,2-3H3,(H,15,17). The van der Waals surface area contributed by atoms with Crippen LogP contribution < -0.4 is 10.6 Å². The molecule has 0 aliphatic rings. The molecule has 1 heterocycles. The molecule has 0 saturated heterocycles. The maximum Gasteiger partial charge on any atom is 0.237 e. The van der Waals surface area contributed by atoms with E-state index in [9.17, 15) is 4.79 Å². The molecule has 2 N–H and O–H groups in total. The minimum absolute atomic E-state index is 0.0218. The van der Waals surface area contributed by atoms with Crippen LogP contribution in [0.2, 0.25) is 0 Å². The highest BCUT2D eigenvalue weighted by Crippen LogP contribution is 2.04. The van der Waals surface area contributed by atoms with Gasteiger partial charge in [0.05, 0.1) is 6.04 Å². The van der Waals surface area contributed by atoms with Crippen molar-refractivity contribution in [3.63, 3.8) is 0 Å². The van der Waals surface area contributed by atoms with Crippen molar-refractivity contribution in [3.8, 4) is 0 Å². The fourth-order valence-electron chi connectivity index (χ4n) is 1.36. The van der Waals surface area contributed by atoms with Crippen molar-refractivity contribution >= 4 is 5.91 Å². The summed E-state index contributed by atoms with van der Waals surface area (Å²) in [7, 11) is 0. The van der Waals surface area contributed by atoms with E-state index in [1.54, 1.807) is 12.3 Å². The molecule has 1 rings (SSSR count). The molecule has 1 amide bonds. The summed E-state index contributed by atoms with van der Waals surface area (Å²) in [5.41, 5.74) is 2.28. The Morgan fingerprint density at radius 1 is 1.65 bits per heavy atom. The summed E-state index contributed by atoms with van der Waals surface area (Å²) in [4.78, 5) is 15.6. The lowest BCUT2D eigenvalue weighted by molar-refractivity contribution is -0.122. The third kappa shape index (κ3) is 4.36. The molecule has 0 bridgehead atoms. The van der Waals surface area contributed by atoms with Gasteiger partial charge in [-0.05, 0) is 31.0 Å². The van der Waals surface area contributed by atoms with Gasteiger partial charge in [-0.1, -0.05) is 6.08 Å². The first-order valence-corrected chi connectivity index (χ1v) is 5.66. The number of carbonyl (C=O) groups excluding carboxylic acids is 1. The fraction of sp³-hybridized carbons (Fsp3) is 0.385. The van der Waals surface area contributed by atoms with Gasteiger partial charge in [-0.3, -0.25) is 9.78 Å². The van der Waals surface area contributed by atoms with Crippen LogP contribution in [0.1, 0.15) is 18.1 Å². The largest absolute Gasteiger partial charge is 0.351 e. The van der Waals surface area contributed by atoms with Gasteiger partial charge < -0.3 is 10.6 Å². The second kappa shape index (κ2) is 6.81. The number of amides is 1. The zero-order chi connectivity index (χ0) is 12.7. The van der Waals surface area contributed by atoms with E-state index in [4.69, 9.17) is 0 Å². The average molecular weight is 233 g/mol. The minimum Gasteiger partial charge on any atom is -0.351 e. The number of aryl methyl sites for hydroxylation is 1. The molecule has 0 saturated carbocycles. The summed E-state index contributed by atoms with van der Waals surface area (Å²) in [6.45, 7) is 8.56. The summed E-state index contributed by atoms with van der Waals surface area (Å²) >= 11 is 0. The number of pyridine rings is 1. The van der Waals surface area contributed by atoms with Crippen molar-refractivity contribution in [2.45, 2.75) is 26.4 Å². The Balaban J connectivity index is 2.42. The van der Waals surface area contributed by atoms with E-state index in [1.807, 2.05) is 26.1 Å². The highest BCUT2D eigenvalue weighted by molar-refractivity contribution is 5.81. The van der Waals surface area contributed by atoms with Gasteiger partial charge in [-0.25, -0.2) is 0 Å². The van der Waals surface area contributed by atoms with Crippen LogP contribution in [0.5, 0.6) is 0 Å². The Bertz CT molecular complexity index is 390. The SMILES string of the molecule is C=CCNC(=O)C(C)NCc1cnccc1C. The molecule has 0 radical (unpaired) electrons. The number of rotatable bonds is 6. The number of hydrogen-bond acceptors (Lipinski definition) is 3. The predicted octanol–water partition coefficient (Wildman–Crippen LogP) is 1.17. The smallest absolute Gasteiger partial charge is 0.237 e. The fourth-order valence-corrected chi connectivity index (χ4v) is 1.36. The van der Waals surface area contributed by atoms with Crippen molar-refractivity contribution in [1.29, 1.82) is 0 Å². The van der Waals surface area contributed by atoms with Gasteiger partial charge in [0.25, 0.3) is 0 Å². The monoisotopic (exact) mass is 233 g/mol. The van der Waals surface area contributed by atoms with Crippen LogP contribution in [0.3, 0.4) is 0 Å². The number of nitrogens with one attached hydrogen (secondary N) is 2. The molecule has 1 aromatic rings. The van der Waals surface area contributed by atoms with Crippen molar-refractivity contribution < 1.29 is 4.79 Å². The van der Waals surface area contributed by atoms with Gasteiger partial charge >= 0.3 is 0 Å². The molecule has 17 heavy (non-hydrogen) atoms. The van der Waals surface area contributed by atoms with Crippen LogP contribution in [-0.2, 0) is 11.3 Å². The van der Waals surface area contributed by atoms with Gasteiger partial charge in [0, 0.05) is 25.5 Å². The molecule has 0 spiro atoms. The quantitative estimate of drug-likeness (QED) is 0.725. The highest BCUT2D eigenvalue weighted by Gasteiger charge is 2.11. The maximum absolute atomic E-state index is 11.6. The van der Waals surface area contributed by atoms with Crippen LogP contribution in [0, 0.1) is 6.92 Å². The van der Waals surface area contributed by atoms with Gasteiger partial charge in [0.1, 0.15) is 0 Å². The molecule has 4 heteroatoms. The number of nitrogens with zero attached hydrogens (tertiary/aromatic N) is 1. The Kier molecular flexibility index (Phi) is 5.36. The summed E-state index contributed by atoms with van der Waals surface area (Å²) in [6, 6.07) is 1.73. The summed E-state index contributed by atoms with van der Waals surface area (Å²) in [6.07, 6.45) is 5.24. The van der Waals surface area contributed by atoms with Gasteiger partial charge in [-0.15, -0.1) is 6.58 Å². The Morgan fingerprint density at radius 3 is 3.06 bits per heavy atom. The molecule has 4 nitrogen and oxygen atoms in total. The van der Waals surface area contributed by atoms with E-state index in [1.165, 1.54) is 5.56 Å². The van der Waals surface area contributed by atoms with Crippen LogP contribution in [0.25, 0.3) is 0 Å². The molecule has 1 unspecified atom stereocenters.